The number of likely N-dealkylation sites (N-methyl/N-ethyl adjacent to an activating group) is 2. The number of hydrogen-bond acceptors (Lipinski definition) is 6. The molecular formula is C20H24FN5O2. The quantitative estimate of drug-likeness (QED) is 0.825. The van der Waals surface area contributed by atoms with Crippen LogP contribution in [0.3, 0.4) is 0 Å². The van der Waals surface area contributed by atoms with Crippen LogP contribution in [0.2, 0.25) is 0 Å². The summed E-state index contributed by atoms with van der Waals surface area (Å²) >= 11 is 0. The molecule has 0 spiro atoms. The molecule has 4 rings (SSSR count). The van der Waals surface area contributed by atoms with Crippen LogP contribution in [-0.4, -0.2) is 48.7 Å². The van der Waals surface area contributed by atoms with Crippen molar-refractivity contribution >= 4 is 23.4 Å². The highest BCUT2D eigenvalue weighted by Crippen LogP contribution is 2.33. The maximum absolute atomic E-state index is 12.9. The van der Waals surface area contributed by atoms with Gasteiger partial charge in [0.25, 0.3) is 0 Å². The van der Waals surface area contributed by atoms with Gasteiger partial charge in [-0.3, -0.25) is 4.79 Å². The number of nitrogens with one attached hydrogen (secondary N) is 1. The second-order valence-corrected chi connectivity index (χ2v) is 7.34. The number of carbonyl (C=O) groups is 1. The minimum Gasteiger partial charge on any atom is -0.493 e. The molecule has 148 valence electrons. The first-order valence-corrected chi connectivity index (χ1v) is 9.57. The lowest BCUT2D eigenvalue weighted by Crippen LogP contribution is -2.45. The van der Waals surface area contributed by atoms with Crippen LogP contribution in [0.5, 0.6) is 5.75 Å². The van der Waals surface area contributed by atoms with Gasteiger partial charge in [-0.15, -0.1) is 0 Å². The minimum absolute atomic E-state index is 0.0600. The van der Waals surface area contributed by atoms with Crippen molar-refractivity contribution in [2.75, 3.05) is 41.9 Å². The maximum atomic E-state index is 12.9. The van der Waals surface area contributed by atoms with Gasteiger partial charge < -0.3 is 19.9 Å². The van der Waals surface area contributed by atoms with Crippen molar-refractivity contribution in [3.63, 3.8) is 0 Å². The van der Waals surface area contributed by atoms with E-state index in [1.165, 1.54) is 12.1 Å². The molecule has 1 aromatic carbocycles. The Hall–Kier alpha value is -2.90. The van der Waals surface area contributed by atoms with E-state index >= 15 is 0 Å². The van der Waals surface area contributed by atoms with Crippen molar-refractivity contribution in [3.05, 3.63) is 36.3 Å². The average molecular weight is 385 g/mol. The molecule has 2 aromatic rings. The number of anilines is 3. The molecule has 0 saturated heterocycles. The zero-order valence-electron chi connectivity index (χ0n) is 16.1. The van der Waals surface area contributed by atoms with Gasteiger partial charge in [0.1, 0.15) is 17.3 Å². The van der Waals surface area contributed by atoms with Crippen molar-refractivity contribution < 1.29 is 13.9 Å². The largest absolute Gasteiger partial charge is 0.493 e. The van der Waals surface area contributed by atoms with Gasteiger partial charge in [0.2, 0.25) is 11.9 Å². The molecule has 0 unspecified atom stereocenters. The fraction of sp³-hybridized carbons (Fsp3) is 0.450. The fourth-order valence-electron chi connectivity index (χ4n) is 3.67. The smallest absolute Gasteiger partial charge is 0.246 e. The number of carbonyl (C=O) groups excluding carboxylic acids is 1. The molecule has 8 heteroatoms. The summed E-state index contributed by atoms with van der Waals surface area (Å²) in [7, 11) is 1.87. The Morgan fingerprint density at radius 2 is 2.04 bits per heavy atom. The Morgan fingerprint density at radius 3 is 2.75 bits per heavy atom. The Morgan fingerprint density at radius 1 is 1.29 bits per heavy atom. The second kappa shape index (κ2) is 7.61. The third-order valence-electron chi connectivity index (χ3n) is 5.26. The molecule has 2 aliphatic rings. The minimum atomic E-state index is -0.262. The van der Waals surface area contributed by atoms with Gasteiger partial charge in [-0.1, -0.05) is 0 Å². The van der Waals surface area contributed by atoms with E-state index in [2.05, 4.69) is 15.3 Å². The molecule has 0 atom stereocenters. The van der Waals surface area contributed by atoms with E-state index in [1.807, 2.05) is 18.9 Å². The third kappa shape index (κ3) is 3.72. The predicted molar refractivity (Wildman–Crippen MR) is 105 cm³/mol. The van der Waals surface area contributed by atoms with Crippen LogP contribution < -0.4 is 19.9 Å². The van der Waals surface area contributed by atoms with Crippen molar-refractivity contribution in [2.45, 2.75) is 25.8 Å². The van der Waals surface area contributed by atoms with Crippen molar-refractivity contribution in [2.24, 2.45) is 5.92 Å². The third-order valence-corrected chi connectivity index (χ3v) is 5.26. The first-order chi connectivity index (χ1) is 13.5. The van der Waals surface area contributed by atoms with E-state index in [1.54, 1.807) is 23.2 Å². The van der Waals surface area contributed by atoms with Gasteiger partial charge in [0, 0.05) is 19.6 Å². The molecule has 1 N–H and O–H groups in total. The van der Waals surface area contributed by atoms with Crippen LogP contribution in [0.1, 0.15) is 19.8 Å². The standard InChI is InChI=1S/C20H24FN5O2/c1-3-26-17-10-22-20(24-19(17)25(2)11-18(26)27)23-15-8-13(9-15)12-28-16-6-4-14(21)5-7-16/h4-7,10,13,15H,3,8-9,11-12H2,1-2H3,(H,22,23,24)/t13-,15+. The average Bonchev–Trinajstić information content (AvgIpc) is 2.65. The summed E-state index contributed by atoms with van der Waals surface area (Å²) in [6.45, 7) is 3.49. The summed E-state index contributed by atoms with van der Waals surface area (Å²) in [6, 6.07) is 6.39. The van der Waals surface area contributed by atoms with Crippen LogP contribution in [0, 0.1) is 11.7 Å². The lowest BCUT2D eigenvalue weighted by Gasteiger charge is -2.36. The fourth-order valence-corrected chi connectivity index (χ4v) is 3.67. The Kier molecular flexibility index (Phi) is 5.02. The van der Waals surface area contributed by atoms with Crippen molar-refractivity contribution in [3.8, 4) is 5.75 Å². The van der Waals surface area contributed by atoms with Gasteiger partial charge in [-0.2, -0.15) is 4.98 Å². The summed E-state index contributed by atoms with van der Waals surface area (Å²) < 4.78 is 18.6. The van der Waals surface area contributed by atoms with Gasteiger partial charge in [0.05, 0.1) is 19.3 Å². The lowest BCUT2D eigenvalue weighted by molar-refractivity contribution is -0.117. The molecule has 28 heavy (non-hydrogen) atoms. The number of aromatic nitrogens is 2. The number of hydrogen-bond donors (Lipinski definition) is 1. The van der Waals surface area contributed by atoms with E-state index in [9.17, 15) is 9.18 Å². The Bertz CT molecular complexity index is 854. The van der Waals surface area contributed by atoms with E-state index in [-0.39, 0.29) is 11.7 Å². The SMILES string of the molecule is CCN1C(=O)CN(C)c2nc(N[C@H]3C[C@@H](COc4ccc(F)cc4)C3)ncc21. The molecule has 1 fully saturated rings. The highest BCUT2D eigenvalue weighted by Gasteiger charge is 2.32. The highest BCUT2D eigenvalue weighted by molar-refractivity contribution is 6.02. The van der Waals surface area contributed by atoms with E-state index in [0.29, 0.717) is 43.4 Å². The first-order valence-electron chi connectivity index (χ1n) is 9.57. The normalized spacial score (nSPS) is 21.2. The number of rotatable bonds is 6. The van der Waals surface area contributed by atoms with Crippen molar-refractivity contribution in [1.82, 2.24) is 9.97 Å². The van der Waals surface area contributed by atoms with Gasteiger partial charge in [0.15, 0.2) is 5.82 Å². The molecule has 0 bridgehead atoms. The summed E-state index contributed by atoms with van der Waals surface area (Å²) in [4.78, 5) is 24.7. The van der Waals surface area contributed by atoms with Crippen LogP contribution >= 0.6 is 0 Å². The molecule has 1 saturated carbocycles. The number of fused-ring (bicyclic) bond motifs is 1. The summed E-state index contributed by atoms with van der Waals surface area (Å²) in [5, 5.41) is 3.37. The van der Waals surface area contributed by atoms with E-state index in [4.69, 9.17) is 4.74 Å². The van der Waals surface area contributed by atoms with Crippen LogP contribution in [0.4, 0.5) is 21.8 Å². The molecule has 1 aliphatic carbocycles. The Balaban J connectivity index is 1.31. The zero-order chi connectivity index (χ0) is 19.7. The van der Waals surface area contributed by atoms with Crippen LogP contribution in [-0.2, 0) is 4.79 Å². The Labute approximate surface area is 163 Å². The lowest BCUT2D eigenvalue weighted by atomic mass is 9.81. The molecule has 1 aliphatic heterocycles. The molecule has 1 aromatic heterocycles. The number of nitrogens with zero attached hydrogens (tertiary/aromatic N) is 4. The van der Waals surface area contributed by atoms with E-state index < -0.39 is 0 Å². The second-order valence-electron chi connectivity index (χ2n) is 7.34. The molecule has 2 heterocycles. The number of benzene rings is 1. The van der Waals surface area contributed by atoms with Crippen LogP contribution in [0.15, 0.2) is 30.5 Å². The van der Waals surface area contributed by atoms with Crippen LogP contribution in [0.25, 0.3) is 0 Å². The van der Waals surface area contributed by atoms with E-state index in [0.717, 1.165) is 24.3 Å². The van der Waals surface area contributed by atoms with Gasteiger partial charge in [-0.25, -0.2) is 9.37 Å². The maximum Gasteiger partial charge on any atom is 0.246 e. The number of halogens is 1. The summed E-state index contributed by atoms with van der Waals surface area (Å²) in [5.41, 5.74) is 0.756. The zero-order valence-corrected chi connectivity index (χ0v) is 16.1. The molecular weight excluding hydrogens is 361 g/mol. The summed E-state index contributed by atoms with van der Waals surface area (Å²) in [5.74, 6) is 2.30. The number of amides is 1. The first kappa shape index (κ1) is 18.5. The number of ether oxygens (including phenoxy) is 1. The predicted octanol–water partition coefficient (Wildman–Crippen LogP) is 2.69. The highest BCUT2D eigenvalue weighted by atomic mass is 19.1. The van der Waals surface area contributed by atoms with Gasteiger partial charge in [-0.05, 0) is 49.9 Å². The molecule has 7 nitrogen and oxygen atoms in total. The monoisotopic (exact) mass is 385 g/mol. The molecule has 0 radical (unpaired) electrons. The van der Waals surface area contributed by atoms with Gasteiger partial charge >= 0.3 is 0 Å². The summed E-state index contributed by atoms with van der Waals surface area (Å²) in [6.07, 6.45) is 3.66. The topological polar surface area (TPSA) is 70.6 Å². The molecule has 1 amide bonds. The van der Waals surface area contributed by atoms with Crippen molar-refractivity contribution in [1.29, 1.82) is 0 Å².